The molecule has 0 bridgehead atoms. The molecule has 0 atom stereocenters. The Bertz CT molecular complexity index is 981. The van der Waals surface area contributed by atoms with Crippen molar-refractivity contribution in [1.29, 1.82) is 0 Å². The van der Waals surface area contributed by atoms with Gasteiger partial charge in [-0.3, -0.25) is 14.4 Å². The zero-order valence-electron chi connectivity index (χ0n) is 18.4. The summed E-state index contributed by atoms with van der Waals surface area (Å²) in [6.45, 7) is 14.5. The van der Waals surface area contributed by atoms with Crippen molar-refractivity contribution in [3.05, 3.63) is 74.2 Å². The first-order valence-corrected chi connectivity index (χ1v) is 10.4. The minimum Gasteiger partial charge on any atom is -0.495 e. The maximum Gasteiger partial charge on any atom is 0.277 e. The molecule has 2 aromatic heterocycles. The van der Waals surface area contributed by atoms with Gasteiger partial charge < -0.3 is 4.74 Å². The smallest absolute Gasteiger partial charge is 0.277 e. The normalized spacial score (nSPS) is 10.1. The lowest BCUT2D eigenvalue weighted by Crippen LogP contribution is -2.22. The van der Waals surface area contributed by atoms with Crippen LogP contribution in [0.5, 0.6) is 5.75 Å². The molecule has 2 rings (SSSR count). The first-order chi connectivity index (χ1) is 14.1. The molecular formula is C22H28BrClFN3O2. The number of hydrogen-bond acceptors (Lipinski definition) is 4. The number of pyridine rings is 2. The molecule has 0 saturated carbocycles. The summed E-state index contributed by atoms with van der Waals surface area (Å²) >= 11 is 9.33. The van der Waals surface area contributed by atoms with E-state index in [2.05, 4.69) is 32.5 Å². The van der Waals surface area contributed by atoms with Gasteiger partial charge in [-0.1, -0.05) is 32.0 Å². The molecule has 0 N–H and O–H groups in total. The molecule has 30 heavy (non-hydrogen) atoms. The van der Waals surface area contributed by atoms with Gasteiger partial charge in [0, 0.05) is 23.7 Å². The Balaban J connectivity index is 0.000000648. The van der Waals surface area contributed by atoms with Gasteiger partial charge in [-0.2, -0.15) is 0 Å². The Morgan fingerprint density at radius 2 is 1.93 bits per heavy atom. The van der Waals surface area contributed by atoms with E-state index in [1.54, 1.807) is 36.7 Å². The molecule has 2 heterocycles. The van der Waals surface area contributed by atoms with Crippen LogP contribution in [0.1, 0.15) is 39.0 Å². The van der Waals surface area contributed by atoms with Crippen molar-refractivity contribution in [3.8, 4) is 11.4 Å². The van der Waals surface area contributed by atoms with E-state index in [1.165, 1.54) is 7.11 Å². The zero-order chi connectivity index (χ0) is 23.4. The van der Waals surface area contributed by atoms with Crippen LogP contribution >= 0.6 is 27.5 Å². The van der Waals surface area contributed by atoms with Crippen LogP contribution in [0.15, 0.2) is 57.4 Å². The van der Waals surface area contributed by atoms with E-state index < -0.39 is 5.83 Å². The van der Waals surface area contributed by atoms with Crippen molar-refractivity contribution in [1.82, 2.24) is 9.55 Å². The number of allylic oxidation sites excluding steroid dienone is 2. The minimum atomic E-state index is -0.406. The third-order valence-corrected chi connectivity index (χ3v) is 4.22. The molecule has 0 fully saturated rings. The molecule has 0 radical (unpaired) electrons. The molecular weight excluding hydrogens is 473 g/mol. The lowest BCUT2D eigenvalue weighted by Gasteiger charge is -2.14. The van der Waals surface area contributed by atoms with E-state index in [9.17, 15) is 9.18 Å². The SMILES string of the molecule is C=C/C(F)=C\N=C(C)C.CC.COc1cc(C)n(-c2cc(Br)ncc2C)c(=O)c1Cl. The van der Waals surface area contributed by atoms with Crippen molar-refractivity contribution in [2.24, 2.45) is 4.99 Å². The second-order valence-corrected chi connectivity index (χ2v) is 7.09. The number of ether oxygens (including phenoxy) is 1. The fourth-order valence-electron chi connectivity index (χ4n) is 2.10. The largest absolute Gasteiger partial charge is 0.495 e. The molecule has 5 nitrogen and oxygen atoms in total. The lowest BCUT2D eigenvalue weighted by molar-refractivity contribution is 0.413. The topological polar surface area (TPSA) is 56.5 Å². The lowest BCUT2D eigenvalue weighted by atomic mass is 10.2. The van der Waals surface area contributed by atoms with Gasteiger partial charge in [0.2, 0.25) is 0 Å². The third kappa shape index (κ3) is 8.24. The van der Waals surface area contributed by atoms with Crippen molar-refractivity contribution in [2.45, 2.75) is 41.5 Å². The van der Waals surface area contributed by atoms with E-state index in [0.29, 0.717) is 10.4 Å². The number of aryl methyl sites for hydroxylation is 2. The summed E-state index contributed by atoms with van der Waals surface area (Å²) in [5, 5.41) is 0.0698. The summed E-state index contributed by atoms with van der Waals surface area (Å²) in [6.07, 6.45) is 3.96. The highest BCUT2D eigenvalue weighted by Crippen LogP contribution is 2.24. The molecule has 0 aromatic carbocycles. The number of hydrogen-bond donors (Lipinski definition) is 0. The number of halogens is 3. The first kappa shape index (κ1) is 27.8. The van der Waals surface area contributed by atoms with Crippen molar-refractivity contribution in [2.75, 3.05) is 7.11 Å². The van der Waals surface area contributed by atoms with Gasteiger partial charge in [-0.15, -0.1) is 0 Å². The maximum atomic E-state index is 12.3. The minimum absolute atomic E-state index is 0.0698. The highest BCUT2D eigenvalue weighted by atomic mass is 79.9. The quantitative estimate of drug-likeness (QED) is 0.265. The van der Waals surface area contributed by atoms with Crippen molar-refractivity contribution in [3.63, 3.8) is 0 Å². The summed E-state index contributed by atoms with van der Waals surface area (Å²) in [7, 11) is 1.48. The zero-order valence-corrected chi connectivity index (χ0v) is 20.7. The Labute approximate surface area is 191 Å². The molecule has 0 aliphatic carbocycles. The first-order valence-electron chi connectivity index (χ1n) is 9.20. The van der Waals surface area contributed by atoms with Crippen LogP contribution in [0.25, 0.3) is 5.69 Å². The highest BCUT2D eigenvalue weighted by molar-refractivity contribution is 9.10. The Morgan fingerprint density at radius 1 is 1.33 bits per heavy atom. The van der Waals surface area contributed by atoms with Gasteiger partial charge in [0.05, 0.1) is 19.0 Å². The van der Waals surface area contributed by atoms with Gasteiger partial charge in [-0.05, 0) is 61.3 Å². The molecule has 0 spiro atoms. The fraction of sp³-hybridized carbons (Fsp3) is 0.318. The number of rotatable bonds is 4. The Kier molecular flexibility index (Phi) is 12.8. The van der Waals surface area contributed by atoms with Crippen LogP contribution in [0.3, 0.4) is 0 Å². The third-order valence-electron chi connectivity index (χ3n) is 3.44. The summed E-state index contributed by atoms with van der Waals surface area (Å²) < 4.78 is 19.4. The summed E-state index contributed by atoms with van der Waals surface area (Å²) in [6, 6.07) is 3.52. The molecule has 0 aliphatic rings. The van der Waals surface area contributed by atoms with Crippen LogP contribution in [0, 0.1) is 13.8 Å². The molecule has 2 aromatic rings. The number of nitrogens with zero attached hydrogens (tertiary/aromatic N) is 3. The summed E-state index contributed by atoms with van der Waals surface area (Å²) in [5.41, 5.74) is 2.89. The Morgan fingerprint density at radius 3 is 2.43 bits per heavy atom. The van der Waals surface area contributed by atoms with Crippen molar-refractivity contribution >= 4 is 33.2 Å². The summed E-state index contributed by atoms with van der Waals surface area (Å²) in [5.74, 6) is -0.0256. The van der Waals surface area contributed by atoms with Gasteiger partial charge in [0.25, 0.3) is 5.56 Å². The number of methoxy groups -OCH3 is 1. The number of aliphatic imine (C=N–C) groups is 1. The van der Waals surface area contributed by atoms with Crippen LogP contribution < -0.4 is 10.3 Å². The van der Waals surface area contributed by atoms with E-state index in [4.69, 9.17) is 16.3 Å². The van der Waals surface area contributed by atoms with E-state index >= 15 is 0 Å². The van der Waals surface area contributed by atoms with Crippen LogP contribution in [-0.2, 0) is 0 Å². The second kappa shape index (κ2) is 13.9. The van der Waals surface area contributed by atoms with Crippen LogP contribution in [0.4, 0.5) is 4.39 Å². The number of aromatic nitrogens is 2. The highest BCUT2D eigenvalue weighted by Gasteiger charge is 2.14. The molecule has 0 amide bonds. The average molecular weight is 501 g/mol. The fourth-order valence-corrected chi connectivity index (χ4v) is 2.64. The van der Waals surface area contributed by atoms with Crippen molar-refractivity contribution < 1.29 is 9.13 Å². The predicted molar refractivity (Wildman–Crippen MR) is 128 cm³/mol. The molecule has 0 unspecified atom stereocenters. The van der Waals surface area contributed by atoms with Gasteiger partial charge in [-0.25, -0.2) is 9.37 Å². The molecule has 8 heteroatoms. The molecule has 0 aliphatic heterocycles. The van der Waals surface area contributed by atoms with Gasteiger partial charge in [0.15, 0.2) is 0 Å². The summed E-state index contributed by atoms with van der Waals surface area (Å²) in [4.78, 5) is 20.2. The molecule has 0 saturated heterocycles. The van der Waals surface area contributed by atoms with Crippen LogP contribution in [-0.4, -0.2) is 22.4 Å². The average Bonchev–Trinajstić information content (AvgIpc) is 2.73. The van der Waals surface area contributed by atoms with Crippen LogP contribution in [0.2, 0.25) is 5.02 Å². The monoisotopic (exact) mass is 499 g/mol. The Hall–Kier alpha value is -2.25. The van der Waals surface area contributed by atoms with Gasteiger partial charge in [0.1, 0.15) is 21.2 Å². The standard InChI is InChI=1S/C13H12BrClN2O2.C7H10FN.C2H6/c1-7-6-16-11(14)5-9(7)17-8(2)4-10(19-3)12(15)13(17)18;1-4-7(8)5-9-6(2)3;1-2/h4-6H,1-3H3;4-5H,1H2,2-3H3;1-2H3/b;7-5+;. The van der Waals surface area contributed by atoms with E-state index in [0.717, 1.165) is 34.9 Å². The maximum absolute atomic E-state index is 12.3. The van der Waals surface area contributed by atoms with E-state index in [-0.39, 0.29) is 10.6 Å². The van der Waals surface area contributed by atoms with E-state index in [1.807, 2.05) is 27.7 Å². The molecule has 164 valence electrons. The van der Waals surface area contributed by atoms with Gasteiger partial charge >= 0.3 is 0 Å². The predicted octanol–water partition coefficient (Wildman–Crippen LogP) is 6.76. The second-order valence-electron chi connectivity index (χ2n) is 5.90.